The first-order chi connectivity index (χ1) is 13.0. The van der Waals surface area contributed by atoms with E-state index in [0.29, 0.717) is 12.1 Å². The van der Waals surface area contributed by atoms with E-state index in [4.69, 9.17) is 4.74 Å². The van der Waals surface area contributed by atoms with Gasteiger partial charge in [-0.3, -0.25) is 9.59 Å². The summed E-state index contributed by atoms with van der Waals surface area (Å²) in [6, 6.07) is 18.8. The van der Waals surface area contributed by atoms with Gasteiger partial charge in [0.1, 0.15) is 5.75 Å². The number of benzene rings is 3. The molecule has 0 saturated heterocycles. The summed E-state index contributed by atoms with van der Waals surface area (Å²) >= 11 is 3.32. The van der Waals surface area contributed by atoms with Gasteiger partial charge in [-0.15, -0.1) is 0 Å². The van der Waals surface area contributed by atoms with Crippen LogP contribution in [0, 0.1) is 0 Å². The van der Waals surface area contributed by atoms with Gasteiger partial charge >= 0.3 is 0 Å². The minimum atomic E-state index is -0.286. The molecule has 0 bridgehead atoms. The van der Waals surface area contributed by atoms with Crippen molar-refractivity contribution in [1.29, 1.82) is 0 Å². The van der Waals surface area contributed by atoms with Crippen molar-refractivity contribution in [3.05, 3.63) is 76.3 Å². The zero-order valence-electron chi connectivity index (χ0n) is 14.8. The molecule has 0 aliphatic rings. The summed E-state index contributed by atoms with van der Waals surface area (Å²) < 4.78 is 6.04. The second-order valence-corrected chi connectivity index (χ2v) is 6.93. The highest BCUT2D eigenvalue weighted by atomic mass is 79.9. The van der Waals surface area contributed by atoms with Crippen LogP contribution in [0.15, 0.2) is 65.1 Å². The average Bonchev–Trinajstić information content (AvgIpc) is 2.69. The summed E-state index contributed by atoms with van der Waals surface area (Å²) in [5, 5.41) is 7.58. The largest absolute Gasteiger partial charge is 0.497 e. The average molecular weight is 427 g/mol. The quantitative estimate of drug-likeness (QED) is 0.631. The van der Waals surface area contributed by atoms with Crippen molar-refractivity contribution in [3.8, 4) is 5.75 Å². The zero-order chi connectivity index (χ0) is 19.2. The van der Waals surface area contributed by atoms with Crippen LogP contribution in [-0.4, -0.2) is 25.5 Å². The molecule has 0 aliphatic heterocycles. The van der Waals surface area contributed by atoms with Crippen LogP contribution >= 0.6 is 15.9 Å². The molecule has 5 nitrogen and oxygen atoms in total. The molecule has 0 aromatic heterocycles. The molecule has 0 aliphatic carbocycles. The van der Waals surface area contributed by atoms with Gasteiger partial charge in [-0.05, 0) is 52.7 Å². The lowest BCUT2D eigenvalue weighted by Crippen LogP contribution is -2.36. The molecule has 0 saturated carbocycles. The molecule has 2 N–H and O–H groups in total. The number of nitrogens with one attached hydrogen (secondary N) is 2. The van der Waals surface area contributed by atoms with E-state index >= 15 is 0 Å². The first-order valence-corrected chi connectivity index (χ1v) is 9.21. The predicted molar refractivity (Wildman–Crippen MR) is 109 cm³/mol. The second kappa shape index (κ2) is 8.68. The van der Waals surface area contributed by atoms with Gasteiger partial charge in [-0.25, -0.2) is 0 Å². The Kier molecular flexibility index (Phi) is 6.08. The Morgan fingerprint density at radius 1 is 0.963 bits per heavy atom. The number of carbonyl (C=O) groups excluding carboxylic acids is 2. The monoisotopic (exact) mass is 426 g/mol. The van der Waals surface area contributed by atoms with Crippen molar-refractivity contribution in [1.82, 2.24) is 10.6 Å². The van der Waals surface area contributed by atoms with Crippen LogP contribution in [0.3, 0.4) is 0 Å². The smallest absolute Gasteiger partial charge is 0.251 e. The normalized spacial score (nSPS) is 10.4. The molecule has 2 amide bonds. The SMILES string of the molecule is COc1ccc2cc(CNC(=O)CNC(=O)c3cccc(Br)c3)ccc2c1. The fourth-order valence-electron chi connectivity index (χ4n) is 2.67. The lowest BCUT2D eigenvalue weighted by Gasteiger charge is -2.09. The highest BCUT2D eigenvalue weighted by molar-refractivity contribution is 9.10. The first kappa shape index (κ1) is 18.9. The minimum Gasteiger partial charge on any atom is -0.497 e. The number of methoxy groups -OCH3 is 1. The first-order valence-electron chi connectivity index (χ1n) is 8.42. The van der Waals surface area contributed by atoms with Gasteiger partial charge in [-0.2, -0.15) is 0 Å². The van der Waals surface area contributed by atoms with Gasteiger partial charge in [0.25, 0.3) is 5.91 Å². The van der Waals surface area contributed by atoms with E-state index in [-0.39, 0.29) is 18.4 Å². The molecule has 3 aromatic carbocycles. The fraction of sp³-hybridized carbons (Fsp3) is 0.143. The van der Waals surface area contributed by atoms with E-state index in [1.165, 1.54) is 0 Å². The summed E-state index contributed by atoms with van der Waals surface area (Å²) in [6.07, 6.45) is 0. The number of ether oxygens (including phenoxy) is 1. The van der Waals surface area contributed by atoms with Gasteiger partial charge in [-0.1, -0.05) is 40.2 Å². The summed E-state index contributed by atoms with van der Waals surface area (Å²) in [4.78, 5) is 24.1. The molecule has 27 heavy (non-hydrogen) atoms. The molecule has 0 unspecified atom stereocenters. The number of rotatable bonds is 6. The Morgan fingerprint density at radius 3 is 2.52 bits per heavy atom. The van der Waals surface area contributed by atoms with Crippen LogP contribution in [-0.2, 0) is 11.3 Å². The number of amides is 2. The maximum atomic E-state index is 12.1. The fourth-order valence-corrected chi connectivity index (χ4v) is 3.06. The highest BCUT2D eigenvalue weighted by Crippen LogP contribution is 2.21. The third-order valence-electron chi connectivity index (χ3n) is 4.10. The Balaban J connectivity index is 1.53. The maximum absolute atomic E-state index is 12.1. The molecule has 0 atom stereocenters. The molecule has 6 heteroatoms. The minimum absolute atomic E-state index is 0.0733. The second-order valence-electron chi connectivity index (χ2n) is 6.02. The van der Waals surface area contributed by atoms with E-state index in [9.17, 15) is 9.59 Å². The molecular formula is C21H19BrN2O3. The topological polar surface area (TPSA) is 67.4 Å². The Labute approximate surface area is 165 Å². The molecule has 3 rings (SSSR count). The Hall–Kier alpha value is -2.86. The van der Waals surface area contributed by atoms with Gasteiger partial charge < -0.3 is 15.4 Å². The lowest BCUT2D eigenvalue weighted by atomic mass is 10.1. The van der Waals surface area contributed by atoms with Crippen molar-refractivity contribution in [3.63, 3.8) is 0 Å². The lowest BCUT2D eigenvalue weighted by molar-refractivity contribution is -0.120. The number of halogens is 1. The Morgan fingerprint density at radius 2 is 1.74 bits per heavy atom. The third-order valence-corrected chi connectivity index (χ3v) is 4.59. The molecule has 138 valence electrons. The van der Waals surface area contributed by atoms with Gasteiger partial charge in [0.2, 0.25) is 5.91 Å². The van der Waals surface area contributed by atoms with Gasteiger partial charge in [0, 0.05) is 16.6 Å². The summed E-state index contributed by atoms with van der Waals surface area (Å²) in [7, 11) is 1.64. The van der Waals surface area contributed by atoms with Gasteiger partial charge in [0.15, 0.2) is 0 Å². The van der Waals surface area contributed by atoms with E-state index in [0.717, 1.165) is 26.6 Å². The van der Waals surface area contributed by atoms with Crippen LogP contribution in [0.5, 0.6) is 5.75 Å². The van der Waals surface area contributed by atoms with Crippen molar-refractivity contribution < 1.29 is 14.3 Å². The van der Waals surface area contributed by atoms with Crippen LogP contribution in [0.1, 0.15) is 15.9 Å². The Bertz CT molecular complexity index is 988. The van der Waals surface area contributed by atoms with E-state index in [1.54, 1.807) is 25.3 Å². The summed E-state index contributed by atoms with van der Waals surface area (Å²) in [5.74, 6) is 0.281. The molecular weight excluding hydrogens is 408 g/mol. The van der Waals surface area contributed by atoms with Crippen LogP contribution in [0.25, 0.3) is 10.8 Å². The summed E-state index contributed by atoms with van der Waals surface area (Å²) in [6.45, 7) is 0.323. The van der Waals surface area contributed by atoms with E-state index < -0.39 is 0 Å². The van der Waals surface area contributed by atoms with Crippen molar-refractivity contribution in [2.75, 3.05) is 13.7 Å². The van der Waals surface area contributed by atoms with Crippen molar-refractivity contribution >= 4 is 38.5 Å². The third kappa shape index (κ3) is 5.08. The number of fused-ring (bicyclic) bond motifs is 1. The van der Waals surface area contributed by atoms with E-state index in [1.807, 2.05) is 42.5 Å². The summed E-state index contributed by atoms with van der Waals surface area (Å²) in [5.41, 5.74) is 1.49. The van der Waals surface area contributed by atoms with Crippen LogP contribution < -0.4 is 15.4 Å². The maximum Gasteiger partial charge on any atom is 0.251 e. The van der Waals surface area contributed by atoms with E-state index in [2.05, 4.69) is 26.6 Å². The van der Waals surface area contributed by atoms with Gasteiger partial charge in [0.05, 0.1) is 13.7 Å². The number of hydrogen-bond donors (Lipinski definition) is 2. The standard InChI is InChI=1S/C21H19BrN2O3/c1-27-19-8-7-15-9-14(5-6-16(15)11-19)12-23-20(25)13-24-21(26)17-3-2-4-18(22)10-17/h2-11H,12-13H2,1H3,(H,23,25)(H,24,26). The number of hydrogen-bond acceptors (Lipinski definition) is 3. The van der Waals surface area contributed by atoms with Crippen molar-refractivity contribution in [2.24, 2.45) is 0 Å². The van der Waals surface area contributed by atoms with Crippen LogP contribution in [0.4, 0.5) is 0 Å². The predicted octanol–water partition coefficient (Wildman–Crippen LogP) is 3.66. The number of carbonyl (C=O) groups is 2. The molecule has 0 radical (unpaired) electrons. The van der Waals surface area contributed by atoms with Crippen molar-refractivity contribution in [2.45, 2.75) is 6.54 Å². The zero-order valence-corrected chi connectivity index (χ0v) is 16.4. The highest BCUT2D eigenvalue weighted by Gasteiger charge is 2.08. The molecule has 0 spiro atoms. The molecule has 0 fully saturated rings. The molecule has 3 aromatic rings. The molecule has 0 heterocycles. The van der Waals surface area contributed by atoms with Crippen LogP contribution in [0.2, 0.25) is 0 Å².